The van der Waals surface area contributed by atoms with Crippen molar-refractivity contribution < 1.29 is 66.3 Å². The SMILES string of the molecule is CCCCC/C=C\C/C=C\CC1OC1C/C=C\CCCC(=O)OC[C@H](COP(=O)(O)OC[C@@H](O)COP(=O)(O)O)OC(=O)CCCCCCCCC(C)C. The quantitative estimate of drug-likeness (QED) is 0.0157. The summed E-state index contributed by atoms with van der Waals surface area (Å²) in [7, 11) is -9.68. The maximum absolute atomic E-state index is 12.6. The van der Waals surface area contributed by atoms with Crippen molar-refractivity contribution in [3.05, 3.63) is 36.5 Å². The van der Waals surface area contributed by atoms with Gasteiger partial charge in [-0.3, -0.25) is 23.2 Å². The first kappa shape index (κ1) is 50.3. The van der Waals surface area contributed by atoms with Crippen molar-refractivity contribution in [2.75, 3.05) is 26.4 Å². The summed E-state index contributed by atoms with van der Waals surface area (Å²) in [6, 6.07) is 0. The van der Waals surface area contributed by atoms with Gasteiger partial charge in [-0.15, -0.1) is 0 Å². The van der Waals surface area contributed by atoms with E-state index in [4.69, 9.17) is 28.5 Å². The molecular formula is C38H68O14P2. The van der Waals surface area contributed by atoms with Gasteiger partial charge in [0.1, 0.15) is 12.7 Å². The molecule has 0 bridgehead atoms. The summed E-state index contributed by atoms with van der Waals surface area (Å²) in [5.74, 6) is -0.429. The third kappa shape index (κ3) is 31.5. The number of ether oxygens (including phenoxy) is 3. The van der Waals surface area contributed by atoms with Crippen LogP contribution in [0.15, 0.2) is 36.5 Å². The molecular weight excluding hydrogens is 742 g/mol. The van der Waals surface area contributed by atoms with Gasteiger partial charge in [-0.25, -0.2) is 9.13 Å². The van der Waals surface area contributed by atoms with Gasteiger partial charge >= 0.3 is 27.6 Å². The number of allylic oxidation sites excluding steroid dienone is 4. The zero-order valence-electron chi connectivity index (χ0n) is 32.7. The Morgan fingerprint density at radius 1 is 0.685 bits per heavy atom. The molecule has 54 heavy (non-hydrogen) atoms. The number of hydrogen-bond donors (Lipinski definition) is 4. The van der Waals surface area contributed by atoms with E-state index in [1.807, 2.05) is 6.08 Å². The van der Waals surface area contributed by atoms with Gasteiger partial charge in [-0.05, 0) is 57.3 Å². The lowest BCUT2D eigenvalue weighted by Crippen LogP contribution is -2.30. The Bertz CT molecular complexity index is 1180. The van der Waals surface area contributed by atoms with Gasteiger partial charge in [0.15, 0.2) is 6.10 Å². The number of carbonyl (C=O) groups is 2. The molecule has 5 atom stereocenters. The zero-order chi connectivity index (χ0) is 40.1. The van der Waals surface area contributed by atoms with Crippen molar-refractivity contribution in [3.63, 3.8) is 0 Å². The first-order valence-corrected chi connectivity index (χ1v) is 22.7. The predicted octanol–water partition coefficient (Wildman–Crippen LogP) is 8.18. The minimum Gasteiger partial charge on any atom is -0.462 e. The van der Waals surface area contributed by atoms with E-state index in [1.165, 1.54) is 32.1 Å². The topological polar surface area (TPSA) is 208 Å². The van der Waals surface area contributed by atoms with Crippen molar-refractivity contribution in [1.82, 2.24) is 0 Å². The monoisotopic (exact) mass is 810 g/mol. The summed E-state index contributed by atoms with van der Waals surface area (Å²) in [5.41, 5.74) is 0. The van der Waals surface area contributed by atoms with Crippen molar-refractivity contribution in [1.29, 1.82) is 0 Å². The summed E-state index contributed by atoms with van der Waals surface area (Å²) >= 11 is 0. The second-order valence-electron chi connectivity index (χ2n) is 14.1. The summed E-state index contributed by atoms with van der Waals surface area (Å²) in [4.78, 5) is 52.4. The largest absolute Gasteiger partial charge is 0.472 e. The summed E-state index contributed by atoms with van der Waals surface area (Å²) in [5, 5.41) is 9.71. The number of aliphatic hydroxyl groups excluding tert-OH is 1. The minimum absolute atomic E-state index is 0.111. The van der Waals surface area contributed by atoms with Crippen LogP contribution in [0, 0.1) is 5.92 Å². The Morgan fingerprint density at radius 2 is 1.26 bits per heavy atom. The second-order valence-corrected chi connectivity index (χ2v) is 16.8. The van der Waals surface area contributed by atoms with Crippen molar-refractivity contribution in [2.45, 2.75) is 161 Å². The first-order valence-electron chi connectivity index (χ1n) is 19.7. The molecule has 314 valence electrons. The van der Waals surface area contributed by atoms with Crippen LogP contribution in [0.3, 0.4) is 0 Å². The third-order valence-corrected chi connectivity index (χ3v) is 9.79. The number of esters is 2. The lowest BCUT2D eigenvalue weighted by atomic mass is 10.0. The van der Waals surface area contributed by atoms with Gasteiger partial charge in [-0.2, -0.15) is 0 Å². The number of epoxide rings is 1. The van der Waals surface area contributed by atoms with E-state index in [9.17, 15) is 28.7 Å². The summed E-state index contributed by atoms with van der Waals surface area (Å²) in [6.45, 7) is 3.83. The molecule has 1 heterocycles. The molecule has 1 rings (SSSR count). The van der Waals surface area contributed by atoms with Crippen LogP contribution in [0.4, 0.5) is 0 Å². The Balaban J connectivity index is 2.42. The predicted molar refractivity (Wildman–Crippen MR) is 206 cm³/mol. The van der Waals surface area contributed by atoms with Crippen LogP contribution < -0.4 is 0 Å². The van der Waals surface area contributed by atoms with E-state index in [1.54, 1.807) is 0 Å². The lowest BCUT2D eigenvalue weighted by molar-refractivity contribution is -0.161. The lowest BCUT2D eigenvalue weighted by Gasteiger charge is -2.20. The summed E-state index contributed by atoms with van der Waals surface area (Å²) < 4.78 is 53.3. The van der Waals surface area contributed by atoms with Gasteiger partial charge in [0, 0.05) is 12.8 Å². The average molecular weight is 811 g/mol. The molecule has 16 heteroatoms. The highest BCUT2D eigenvalue weighted by Gasteiger charge is 2.36. The Kier molecular flexibility index (Phi) is 28.4. The number of unbranched alkanes of at least 4 members (excludes halogenated alkanes) is 9. The maximum Gasteiger partial charge on any atom is 0.472 e. The van der Waals surface area contributed by atoms with Crippen LogP contribution in [0.25, 0.3) is 0 Å². The van der Waals surface area contributed by atoms with Crippen LogP contribution in [-0.2, 0) is 46.5 Å². The smallest absolute Gasteiger partial charge is 0.462 e. The molecule has 0 aromatic rings. The van der Waals surface area contributed by atoms with Crippen LogP contribution in [0.2, 0.25) is 0 Å². The number of phosphoric ester groups is 2. The maximum atomic E-state index is 12.6. The van der Waals surface area contributed by atoms with Gasteiger partial charge in [-0.1, -0.05) is 109 Å². The van der Waals surface area contributed by atoms with E-state index < -0.39 is 66.2 Å². The van der Waals surface area contributed by atoms with Crippen molar-refractivity contribution in [3.8, 4) is 0 Å². The van der Waals surface area contributed by atoms with Crippen molar-refractivity contribution in [2.24, 2.45) is 5.92 Å². The molecule has 1 saturated heterocycles. The van der Waals surface area contributed by atoms with Gasteiger partial charge in [0.25, 0.3) is 0 Å². The summed E-state index contributed by atoms with van der Waals surface area (Å²) in [6.07, 6.45) is 26.5. The molecule has 1 aliphatic heterocycles. The van der Waals surface area contributed by atoms with E-state index in [0.29, 0.717) is 25.2 Å². The van der Waals surface area contributed by atoms with E-state index >= 15 is 0 Å². The molecule has 1 aliphatic rings. The number of rotatable bonds is 35. The van der Waals surface area contributed by atoms with Crippen LogP contribution >= 0.6 is 15.6 Å². The number of hydrogen-bond acceptors (Lipinski definition) is 11. The second kappa shape index (κ2) is 30.4. The zero-order valence-corrected chi connectivity index (χ0v) is 34.5. The number of phosphoric acid groups is 2. The molecule has 14 nitrogen and oxygen atoms in total. The fraction of sp³-hybridized carbons (Fsp3) is 0.789. The van der Waals surface area contributed by atoms with E-state index in [0.717, 1.165) is 51.4 Å². The molecule has 0 aromatic carbocycles. The van der Waals surface area contributed by atoms with Gasteiger partial charge < -0.3 is 34.0 Å². The molecule has 0 saturated carbocycles. The molecule has 4 N–H and O–H groups in total. The molecule has 3 unspecified atom stereocenters. The van der Waals surface area contributed by atoms with Gasteiger partial charge in [0.2, 0.25) is 0 Å². The standard InChI is InChI=1S/C38H68O14P2/c1-4-5-6-7-8-9-10-14-19-24-35-36(52-35)25-20-16-17-21-26-37(40)47-30-34(51-38(41)27-22-15-12-11-13-18-23-32(2)3)31-50-54(45,46)49-29-33(39)28-48-53(42,43)44/h8-9,14,16,19-20,32-36,39H,4-7,10-13,15,17-18,21-31H2,1-3H3,(H,45,46)(H2,42,43,44)/b9-8-,19-14-,20-16-/t33-,34+,35?,36?/m0/s1. The highest BCUT2D eigenvalue weighted by molar-refractivity contribution is 7.47. The number of aliphatic hydroxyl groups is 1. The Labute approximate surface area is 322 Å². The first-order chi connectivity index (χ1) is 25.7. The number of carbonyl (C=O) groups excluding carboxylic acids is 2. The van der Waals surface area contributed by atoms with E-state index in [2.05, 4.69) is 60.2 Å². The third-order valence-electron chi connectivity index (χ3n) is 8.35. The Morgan fingerprint density at radius 3 is 1.94 bits per heavy atom. The molecule has 0 spiro atoms. The minimum atomic E-state index is -4.86. The van der Waals surface area contributed by atoms with Crippen LogP contribution in [-0.4, -0.2) is 82.6 Å². The fourth-order valence-electron chi connectivity index (χ4n) is 5.21. The highest BCUT2D eigenvalue weighted by Crippen LogP contribution is 2.43. The molecule has 0 amide bonds. The van der Waals surface area contributed by atoms with Crippen LogP contribution in [0.5, 0.6) is 0 Å². The molecule has 1 fully saturated rings. The molecule has 0 radical (unpaired) electrons. The van der Waals surface area contributed by atoms with Gasteiger partial charge in [0.05, 0.1) is 32.0 Å². The van der Waals surface area contributed by atoms with Crippen molar-refractivity contribution >= 4 is 27.6 Å². The molecule has 0 aromatic heterocycles. The van der Waals surface area contributed by atoms with Crippen LogP contribution in [0.1, 0.15) is 136 Å². The highest BCUT2D eigenvalue weighted by atomic mass is 31.2. The fourth-order valence-corrected chi connectivity index (χ4v) is 6.37. The Hall–Kier alpha value is -1.70. The normalized spacial score (nSPS) is 18.4. The van der Waals surface area contributed by atoms with E-state index in [-0.39, 0.29) is 25.0 Å². The average Bonchev–Trinajstić information content (AvgIpc) is 3.86. The molecule has 0 aliphatic carbocycles.